The van der Waals surface area contributed by atoms with Crippen LogP contribution < -0.4 is 10.1 Å². The van der Waals surface area contributed by atoms with Crippen molar-refractivity contribution in [3.05, 3.63) is 24.3 Å². The zero-order valence-corrected chi connectivity index (χ0v) is 11.3. The van der Waals surface area contributed by atoms with Crippen LogP contribution in [0.5, 0.6) is 5.75 Å². The van der Waals surface area contributed by atoms with Gasteiger partial charge in [0.15, 0.2) is 0 Å². The quantitative estimate of drug-likeness (QED) is 0.922. The molecule has 1 fully saturated rings. The standard InChI is InChI=1S/C14H18F2N2O2/c1-10-5-4-8-18(9-10)14(19)17-11-6-2-3-7-12(11)20-13(15)16/h2-3,6-7,10,13H,4-5,8-9H2,1H3,(H,17,19)/t10-/m1/s1. The number of hydrogen-bond acceptors (Lipinski definition) is 2. The first-order valence-corrected chi connectivity index (χ1v) is 6.66. The number of ether oxygens (including phenoxy) is 1. The lowest BCUT2D eigenvalue weighted by molar-refractivity contribution is -0.0493. The minimum absolute atomic E-state index is 0.0269. The monoisotopic (exact) mass is 284 g/mol. The molecule has 20 heavy (non-hydrogen) atoms. The highest BCUT2D eigenvalue weighted by Gasteiger charge is 2.21. The van der Waals surface area contributed by atoms with Gasteiger partial charge in [-0.25, -0.2) is 4.79 Å². The van der Waals surface area contributed by atoms with E-state index in [0.29, 0.717) is 19.0 Å². The van der Waals surface area contributed by atoms with Gasteiger partial charge in [0.25, 0.3) is 0 Å². The van der Waals surface area contributed by atoms with Crippen LogP contribution >= 0.6 is 0 Å². The largest absolute Gasteiger partial charge is 0.433 e. The molecule has 4 nitrogen and oxygen atoms in total. The van der Waals surface area contributed by atoms with Crippen molar-refractivity contribution in [2.24, 2.45) is 5.92 Å². The molecule has 0 radical (unpaired) electrons. The fraction of sp³-hybridized carbons (Fsp3) is 0.500. The van der Waals surface area contributed by atoms with Crippen LogP contribution in [-0.4, -0.2) is 30.6 Å². The average Bonchev–Trinajstić information content (AvgIpc) is 2.40. The molecule has 2 amide bonds. The Morgan fingerprint density at radius 1 is 1.45 bits per heavy atom. The van der Waals surface area contributed by atoms with Crippen molar-refractivity contribution in [2.45, 2.75) is 26.4 Å². The maximum atomic E-state index is 12.3. The Morgan fingerprint density at radius 2 is 2.20 bits per heavy atom. The summed E-state index contributed by atoms with van der Waals surface area (Å²) in [6, 6.07) is 5.91. The number of likely N-dealkylation sites (tertiary alicyclic amines) is 1. The third-order valence-electron chi connectivity index (χ3n) is 3.29. The van der Waals surface area contributed by atoms with Crippen LogP contribution in [0.15, 0.2) is 24.3 Å². The van der Waals surface area contributed by atoms with Crippen LogP contribution in [-0.2, 0) is 0 Å². The van der Waals surface area contributed by atoms with Gasteiger partial charge in [-0.05, 0) is 30.9 Å². The number of para-hydroxylation sites is 2. The van der Waals surface area contributed by atoms with Crippen molar-refractivity contribution in [3.63, 3.8) is 0 Å². The average molecular weight is 284 g/mol. The van der Waals surface area contributed by atoms with Crippen LogP contribution in [0.4, 0.5) is 19.3 Å². The summed E-state index contributed by atoms with van der Waals surface area (Å²) in [4.78, 5) is 13.8. The minimum Gasteiger partial charge on any atom is -0.433 e. The molecule has 0 bridgehead atoms. The van der Waals surface area contributed by atoms with Gasteiger partial charge in [-0.2, -0.15) is 8.78 Å². The number of benzene rings is 1. The van der Waals surface area contributed by atoms with Gasteiger partial charge in [0.1, 0.15) is 5.75 Å². The summed E-state index contributed by atoms with van der Waals surface area (Å²) in [6.45, 7) is 0.550. The summed E-state index contributed by atoms with van der Waals surface area (Å²) in [5, 5.41) is 2.63. The van der Waals surface area contributed by atoms with Crippen molar-refractivity contribution >= 4 is 11.7 Å². The van der Waals surface area contributed by atoms with Crippen molar-refractivity contribution in [1.29, 1.82) is 0 Å². The summed E-state index contributed by atoms with van der Waals surface area (Å²) in [5.41, 5.74) is 0.260. The smallest absolute Gasteiger partial charge is 0.387 e. The molecule has 6 heteroatoms. The summed E-state index contributed by atoms with van der Waals surface area (Å²) in [7, 11) is 0. The van der Waals surface area contributed by atoms with Crippen molar-refractivity contribution in [2.75, 3.05) is 18.4 Å². The first-order valence-electron chi connectivity index (χ1n) is 6.66. The van der Waals surface area contributed by atoms with E-state index in [-0.39, 0.29) is 17.5 Å². The van der Waals surface area contributed by atoms with Crippen LogP contribution in [0.25, 0.3) is 0 Å². The molecular weight excluding hydrogens is 266 g/mol. The van der Waals surface area contributed by atoms with Gasteiger partial charge in [0.2, 0.25) is 0 Å². The van der Waals surface area contributed by atoms with Gasteiger partial charge >= 0.3 is 12.6 Å². The van der Waals surface area contributed by atoms with E-state index in [1.54, 1.807) is 23.1 Å². The number of urea groups is 1. The number of halogens is 2. The Hall–Kier alpha value is -1.85. The van der Waals surface area contributed by atoms with E-state index in [0.717, 1.165) is 12.8 Å². The van der Waals surface area contributed by atoms with Crippen LogP contribution in [0, 0.1) is 5.92 Å². The second kappa shape index (κ2) is 6.54. The highest BCUT2D eigenvalue weighted by molar-refractivity contribution is 5.91. The fourth-order valence-electron chi connectivity index (χ4n) is 2.34. The predicted octanol–water partition coefficient (Wildman–Crippen LogP) is 3.55. The molecule has 0 saturated carbocycles. The molecule has 1 aromatic carbocycles. The molecule has 1 saturated heterocycles. The maximum absolute atomic E-state index is 12.3. The molecule has 110 valence electrons. The van der Waals surface area contributed by atoms with Crippen molar-refractivity contribution in [3.8, 4) is 5.75 Å². The zero-order chi connectivity index (χ0) is 14.5. The number of hydrogen-bond donors (Lipinski definition) is 1. The molecule has 1 aliphatic rings. The Kier molecular flexibility index (Phi) is 4.76. The Balaban J connectivity index is 2.03. The van der Waals surface area contributed by atoms with E-state index in [1.807, 2.05) is 0 Å². The number of nitrogens with one attached hydrogen (secondary N) is 1. The molecule has 0 aliphatic carbocycles. The lowest BCUT2D eigenvalue weighted by Crippen LogP contribution is -2.41. The summed E-state index contributed by atoms with van der Waals surface area (Å²) >= 11 is 0. The normalized spacial score (nSPS) is 19.0. The molecule has 0 spiro atoms. The zero-order valence-electron chi connectivity index (χ0n) is 11.3. The summed E-state index contributed by atoms with van der Waals surface area (Å²) < 4.78 is 29.0. The van der Waals surface area contributed by atoms with Gasteiger partial charge in [0, 0.05) is 13.1 Å². The lowest BCUT2D eigenvalue weighted by atomic mass is 10.0. The van der Waals surface area contributed by atoms with E-state index in [2.05, 4.69) is 17.0 Å². The van der Waals surface area contributed by atoms with Gasteiger partial charge in [0.05, 0.1) is 5.69 Å². The maximum Gasteiger partial charge on any atom is 0.387 e. The SMILES string of the molecule is C[C@@H]1CCCN(C(=O)Nc2ccccc2OC(F)F)C1. The molecule has 1 aliphatic heterocycles. The Labute approximate surface area is 116 Å². The lowest BCUT2D eigenvalue weighted by Gasteiger charge is -2.31. The number of rotatable bonds is 3. The molecule has 1 atom stereocenters. The number of nitrogens with zero attached hydrogens (tertiary/aromatic N) is 1. The highest BCUT2D eigenvalue weighted by Crippen LogP contribution is 2.26. The third kappa shape index (κ3) is 3.82. The van der Waals surface area contributed by atoms with Crippen LogP contribution in [0.1, 0.15) is 19.8 Å². The van der Waals surface area contributed by atoms with E-state index in [9.17, 15) is 13.6 Å². The molecule has 0 aromatic heterocycles. The number of alkyl halides is 2. The molecule has 0 unspecified atom stereocenters. The van der Waals surface area contributed by atoms with Gasteiger partial charge < -0.3 is 15.0 Å². The predicted molar refractivity (Wildman–Crippen MR) is 72.1 cm³/mol. The number of anilines is 1. The highest BCUT2D eigenvalue weighted by atomic mass is 19.3. The minimum atomic E-state index is -2.91. The Morgan fingerprint density at radius 3 is 2.90 bits per heavy atom. The molecular formula is C14H18F2N2O2. The number of piperidine rings is 1. The van der Waals surface area contributed by atoms with E-state index in [4.69, 9.17) is 0 Å². The topological polar surface area (TPSA) is 41.6 Å². The van der Waals surface area contributed by atoms with E-state index in [1.165, 1.54) is 6.07 Å². The number of carbonyl (C=O) groups is 1. The Bertz CT molecular complexity index is 468. The number of carbonyl (C=O) groups excluding carboxylic acids is 1. The van der Waals surface area contributed by atoms with E-state index >= 15 is 0 Å². The van der Waals surface area contributed by atoms with Gasteiger partial charge in [-0.15, -0.1) is 0 Å². The summed E-state index contributed by atoms with van der Waals surface area (Å²) in [5.74, 6) is 0.433. The molecule has 1 heterocycles. The first-order chi connectivity index (χ1) is 9.56. The fourth-order valence-corrected chi connectivity index (χ4v) is 2.34. The van der Waals surface area contributed by atoms with Crippen LogP contribution in [0.3, 0.4) is 0 Å². The van der Waals surface area contributed by atoms with Crippen molar-refractivity contribution < 1.29 is 18.3 Å². The summed E-state index contributed by atoms with van der Waals surface area (Å²) in [6.07, 6.45) is 2.07. The third-order valence-corrected chi connectivity index (χ3v) is 3.29. The number of amides is 2. The van der Waals surface area contributed by atoms with Gasteiger partial charge in [-0.3, -0.25) is 0 Å². The van der Waals surface area contributed by atoms with Crippen molar-refractivity contribution in [1.82, 2.24) is 4.90 Å². The first kappa shape index (κ1) is 14.6. The second-order valence-electron chi connectivity index (χ2n) is 5.00. The molecule has 1 aromatic rings. The van der Waals surface area contributed by atoms with Crippen LogP contribution in [0.2, 0.25) is 0 Å². The molecule has 2 rings (SSSR count). The molecule has 1 N–H and O–H groups in total. The second-order valence-corrected chi connectivity index (χ2v) is 5.00. The van der Waals surface area contributed by atoms with Gasteiger partial charge in [-0.1, -0.05) is 19.1 Å². The van der Waals surface area contributed by atoms with E-state index < -0.39 is 6.61 Å².